The zero-order valence-corrected chi connectivity index (χ0v) is 15.8. The third kappa shape index (κ3) is 5.09. The van der Waals surface area contributed by atoms with Crippen LogP contribution in [0.1, 0.15) is 23.6 Å². The summed E-state index contributed by atoms with van der Waals surface area (Å²) in [6, 6.07) is 14.8. The van der Waals surface area contributed by atoms with E-state index in [2.05, 4.69) is 5.32 Å². The van der Waals surface area contributed by atoms with E-state index in [4.69, 9.17) is 4.74 Å². The van der Waals surface area contributed by atoms with Crippen LogP contribution in [0, 0.1) is 13.8 Å². The molecule has 5 nitrogen and oxygen atoms in total. The molecule has 0 aliphatic heterocycles. The van der Waals surface area contributed by atoms with Crippen molar-refractivity contribution in [1.82, 2.24) is 10.2 Å². The second-order valence-corrected chi connectivity index (χ2v) is 6.34. The quantitative estimate of drug-likeness (QED) is 0.832. The lowest BCUT2D eigenvalue weighted by atomic mass is 10.1. The summed E-state index contributed by atoms with van der Waals surface area (Å²) >= 11 is 0. The maximum atomic E-state index is 12.8. The van der Waals surface area contributed by atoms with Crippen molar-refractivity contribution in [2.45, 2.75) is 33.4 Å². The SMILES string of the molecule is CNC(=O)[C@H](C)N(Cc1ccccc1C)C(=O)COc1cccc(C)c1. The number of carbonyl (C=O) groups is 2. The molecule has 0 spiro atoms. The number of hydrogen-bond acceptors (Lipinski definition) is 3. The zero-order valence-electron chi connectivity index (χ0n) is 15.8. The molecule has 1 N–H and O–H groups in total. The van der Waals surface area contributed by atoms with Crippen molar-refractivity contribution in [2.24, 2.45) is 0 Å². The average molecular weight is 354 g/mol. The average Bonchev–Trinajstić information content (AvgIpc) is 2.64. The number of ether oxygens (including phenoxy) is 1. The molecule has 0 aliphatic rings. The fourth-order valence-electron chi connectivity index (χ4n) is 2.70. The Bertz CT molecular complexity index is 773. The molecule has 2 rings (SSSR count). The molecule has 0 fully saturated rings. The van der Waals surface area contributed by atoms with E-state index in [1.54, 1.807) is 18.9 Å². The van der Waals surface area contributed by atoms with Crippen LogP contribution in [0.5, 0.6) is 5.75 Å². The molecule has 26 heavy (non-hydrogen) atoms. The predicted octanol–water partition coefficient (Wildman–Crippen LogP) is 2.85. The molecule has 0 bridgehead atoms. The smallest absolute Gasteiger partial charge is 0.261 e. The molecule has 138 valence electrons. The third-order valence-corrected chi connectivity index (χ3v) is 4.37. The highest BCUT2D eigenvalue weighted by Crippen LogP contribution is 2.16. The van der Waals surface area contributed by atoms with Crippen LogP contribution >= 0.6 is 0 Å². The second kappa shape index (κ2) is 9.04. The van der Waals surface area contributed by atoms with Gasteiger partial charge in [0, 0.05) is 13.6 Å². The number of likely N-dealkylation sites (N-methyl/N-ethyl adjacent to an activating group) is 1. The Balaban J connectivity index is 2.15. The lowest BCUT2D eigenvalue weighted by Gasteiger charge is -2.28. The van der Waals surface area contributed by atoms with Crippen LogP contribution in [0.25, 0.3) is 0 Å². The third-order valence-electron chi connectivity index (χ3n) is 4.37. The highest BCUT2D eigenvalue weighted by atomic mass is 16.5. The van der Waals surface area contributed by atoms with Crippen LogP contribution in [0.2, 0.25) is 0 Å². The second-order valence-electron chi connectivity index (χ2n) is 6.34. The number of benzene rings is 2. The molecule has 1 atom stereocenters. The molecule has 0 saturated heterocycles. The summed E-state index contributed by atoms with van der Waals surface area (Å²) in [4.78, 5) is 26.5. The summed E-state index contributed by atoms with van der Waals surface area (Å²) < 4.78 is 5.64. The molecular formula is C21H26N2O3. The number of nitrogens with one attached hydrogen (secondary N) is 1. The summed E-state index contributed by atoms with van der Waals surface area (Å²) in [6.45, 7) is 5.92. The van der Waals surface area contributed by atoms with Crippen molar-refractivity contribution in [3.8, 4) is 5.75 Å². The first-order valence-corrected chi connectivity index (χ1v) is 8.67. The van der Waals surface area contributed by atoms with Gasteiger partial charge in [0.05, 0.1) is 0 Å². The molecule has 0 radical (unpaired) electrons. The van der Waals surface area contributed by atoms with Crippen LogP contribution in [-0.4, -0.2) is 36.4 Å². The Morgan fingerprint density at radius 1 is 1.12 bits per heavy atom. The monoisotopic (exact) mass is 354 g/mol. The summed E-state index contributed by atoms with van der Waals surface area (Å²) in [7, 11) is 1.57. The van der Waals surface area contributed by atoms with Gasteiger partial charge in [-0.3, -0.25) is 9.59 Å². The molecular weight excluding hydrogens is 328 g/mol. The summed E-state index contributed by atoms with van der Waals surface area (Å²) in [6.07, 6.45) is 0. The maximum Gasteiger partial charge on any atom is 0.261 e. The Labute approximate surface area is 155 Å². The standard InChI is InChI=1S/C21H26N2O3/c1-15-8-7-11-19(12-15)26-14-20(24)23(17(3)21(25)22-4)13-18-10-6-5-9-16(18)2/h5-12,17H,13-14H2,1-4H3,(H,22,25)/t17-/m0/s1. The van der Waals surface area contributed by atoms with Crippen molar-refractivity contribution >= 4 is 11.8 Å². The highest BCUT2D eigenvalue weighted by molar-refractivity contribution is 5.87. The summed E-state index contributed by atoms with van der Waals surface area (Å²) in [5.74, 6) is 0.204. The number of aryl methyl sites for hydroxylation is 2. The van der Waals surface area contributed by atoms with Crippen molar-refractivity contribution in [3.63, 3.8) is 0 Å². The number of nitrogens with zero attached hydrogens (tertiary/aromatic N) is 1. The van der Waals surface area contributed by atoms with Crippen molar-refractivity contribution in [1.29, 1.82) is 0 Å². The van der Waals surface area contributed by atoms with E-state index in [1.807, 2.05) is 62.4 Å². The van der Waals surface area contributed by atoms with E-state index in [0.29, 0.717) is 12.3 Å². The van der Waals surface area contributed by atoms with E-state index in [0.717, 1.165) is 16.7 Å². The molecule has 0 heterocycles. The van der Waals surface area contributed by atoms with E-state index in [-0.39, 0.29) is 18.4 Å². The van der Waals surface area contributed by atoms with Gasteiger partial charge in [-0.1, -0.05) is 36.4 Å². The first-order valence-electron chi connectivity index (χ1n) is 8.67. The number of hydrogen-bond donors (Lipinski definition) is 1. The number of rotatable bonds is 7. The topological polar surface area (TPSA) is 58.6 Å². The van der Waals surface area contributed by atoms with Crippen molar-refractivity contribution < 1.29 is 14.3 Å². The van der Waals surface area contributed by atoms with Gasteiger partial charge in [0.1, 0.15) is 11.8 Å². The minimum atomic E-state index is -0.590. The molecule has 0 aromatic heterocycles. The van der Waals surface area contributed by atoms with E-state index in [1.165, 1.54) is 0 Å². The normalized spacial score (nSPS) is 11.5. The maximum absolute atomic E-state index is 12.8. The largest absolute Gasteiger partial charge is 0.484 e. The van der Waals surface area contributed by atoms with Crippen LogP contribution in [0.15, 0.2) is 48.5 Å². The van der Waals surface area contributed by atoms with Crippen LogP contribution < -0.4 is 10.1 Å². The van der Waals surface area contributed by atoms with Gasteiger partial charge in [-0.15, -0.1) is 0 Å². The van der Waals surface area contributed by atoms with Crippen LogP contribution in [0.3, 0.4) is 0 Å². The van der Waals surface area contributed by atoms with Crippen LogP contribution in [0.4, 0.5) is 0 Å². The van der Waals surface area contributed by atoms with Gasteiger partial charge in [0.25, 0.3) is 5.91 Å². The Hall–Kier alpha value is -2.82. The molecule has 0 saturated carbocycles. The van der Waals surface area contributed by atoms with Gasteiger partial charge in [-0.05, 0) is 49.6 Å². The molecule has 0 aliphatic carbocycles. The minimum absolute atomic E-state index is 0.114. The lowest BCUT2D eigenvalue weighted by molar-refractivity contribution is -0.142. The molecule has 5 heteroatoms. The first kappa shape index (κ1) is 19.5. The highest BCUT2D eigenvalue weighted by Gasteiger charge is 2.26. The van der Waals surface area contributed by atoms with Gasteiger partial charge < -0.3 is 15.0 Å². The Kier molecular flexibility index (Phi) is 6.78. The van der Waals surface area contributed by atoms with Gasteiger partial charge in [-0.25, -0.2) is 0 Å². The van der Waals surface area contributed by atoms with E-state index < -0.39 is 6.04 Å². The van der Waals surface area contributed by atoms with Crippen LogP contribution in [-0.2, 0) is 16.1 Å². The lowest BCUT2D eigenvalue weighted by Crippen LogP contribution is -2.48. The Morgan fingerprint density at radius 2 is 1.85 bits per heavy atom. The first-order chi connectivity index (χ1) is 12.4. The van der Waals surface area contributed by atoms with Crippen molar-refractivity contribution in [2.75, 3.05) is 13.7 Å². The summed E-state index contributed by atoms with van der Waals surface area (Å²) in [5.41, 5.74) is 3.15. The van der Waals surface area contributed by atoms with Gasteiger partial charge in [0.15, 0.2) is 6.61 Å². The van der Waals surface area contributed by atoms with E-state index in [9.17, 15) is 9.59 Å². The zero-order chi connectivity index (χ0) is 19.1. The van der Waals surface area contributed by atoms with Gasteiger partial charge in [0.2, 0.25) is 5.91 Å². The number of amides is 2. The van der Waals surface area contributed by atoms with E-state index >= 15 is 0 Å². The molecule has 2 aromatic carbocycles. The van der Waals surface area contributed by atoms with Crippen molar-refractivity contribution in [3.05, 3.63) is 65.2 Å². The predicted molar refractivity (Wildman–Crippen MR) is 102 cm³/mol. The molecule has 2 amide bonds. The number of carbonyl (C=O) groups excluding carboxylic acids is 2. The molecule has 2 aromatic rings. The summed E-state index contributed by atoms with van der Waals surface area (Å²) in [5, 5.41) is 2.61. The fourth-order valence-corrected chi connectivity index (χ4v) is 2.70. The Morgan fingerprint density at radius 3 is 2.50 bits per heavy atom. The molecule has 0 unspecified atom stereocenters. The fraction of sp³-hybridized carbons (Fsp3) is 0.333. The van der Waals surface area contributed by atoms with Gasteiger partial charge >= 0.3 is 0 Å². The van der Waals surface area contributed by atoms with Gasteiger partial charge in [-0.2, -0.15) is 0 Å². The minimum Gasteiger partial charge on any atom is -0.484 e.